The zero-order valence-corrected chi connectivity index (χ0v) is 64.2. The van der Waals surface area contributed by atoms with Gasteiger partial charge in [-0.2, -0.15) is 10.2 Å². The van der Waals surface area contributed by atoms with Crippen LogP contribution >= 0.6 is 0 Å². The van der Waals surface area contributed by atoms with Crippen molar-refractivity contribution in [2.75, 3.05) is 0 Å². The monoisotopic (exact) mass is 1460 g/mol. The SMILES string of the molecule is Cc1nc(C)c2c(c1C)CC(NN)=N2.Cc1nc(C)c2c(c1C)N=C(NN)C2.Cc1nc(C)c2c(n1)N=C(NN)C2.Cc1nc2c(c(C)c1C)CC(NN)=N2.Cc1nc2c(c(C)c1C)N=C(NN)C2.Cc1nc2c(nc1C)N=C(NN)C2.Cc1nnc(C)c2c1CC(NN)=N2.Cc1nnnc2c1CC(NN)=N2. The second-order valence-electron chi connectivity index (χ2n) is 26.2. The third kappa shape index (κ3) is 18.0. The van der Waals surface area contributed by atoms with Gasteiger partial charge in [0.05, 0.1) is 81.1 Å². The number of amidine groups is 8. The Labute approximate surface area is 620 Å². The molecule has 8 aromatic heterocycles. The molecule has 37 heteroatoms. The summed E-state index contributed by atoms with van der Waals surface area (Å²) in [6.07, 6.45) is 5.80. The van der Waals surface area contributed by atoms with E-state index in [4.69, 9.17) is 46.7 Å². The molecule has 8 aromatic rings. The second kappa shape index (κ2) is 34.5. The number of nitrogens with one attached hydrogen (secondary N) is 8. The Morgan fingerprint density at radius 2 is 0.570 bits per heavy atom. The molecule has 16 heterocycles. The van der Waals surface area contributed by atoms with Crippen LogP contribution in [0.4, 0.5) is 46.0 Å². The highest BCUT2D eigenvalue weighted by Crippen LogP contribution is 2.36. The molecule has 0 aromatic carbocycles. The summed E-state index contributed by atoms with van der Waals surface area (Å²) >= 11 is 0. The minimum absolute atomic E-state index is 0.621. The fourth-order valence-corrected chi connectivity index (χ4v) is 12.2. The van der Waals surface area contributed by atoms with Gasteiger partial charge >= 0.3 is 0 Å². The van der Waals surface area contributed by atoms with Gasteiger partial charge in [0, 0.05) is 101 Å². The predicted molar refractivity (Wildman–Crippen MR) is 418 cm³/mol. The second-order valence-corrected chi connectivity index (χ2v) is 26.2. The standard InChI is InChI=1S/4C10H14N4.3C8H11N5.C6H8N6/c1-5-6(2)12-7(3)8-4-9(14-11)13-10(5)8;1-5-6(2)12-7(3)10-8(5)4-9(13-10)14-11;1-5-6(2)10-8(12-7(5)3)4-9(13-10)14-11;1-5-6(2)8-4-9(14-11)13-10(8)12-7(5)3;1-4-6-3-7(13-9)12-8(6)11-5(2)10-4;1-4-6-3-7(11-9)10-8(6)5(2)13-12-4;1-4-5(2)11-8-6(10-4)3-7(12-8)13-9;1-3-4-2-5(9-7)8-6(4)11-12-10-3/h3*4,11H2,1-3H3,(H,13,14);4,11H2,1-3H3,(H,12,13,14);3,9H2,1-2H3,(H,10,11,12,13);3,9H2,1-2H3,(H,10,11);3,9H2,1-2H3,(H,11,12,13);2,7H2,1H3,(H,8,9,10,11). The van der Waals surface area contributed by atoms with Gasteiger partial charge in [-0.1, -0.05) is 0 Å². The zero-order chi connectivity index (χ0) is 78.0. The van der Waals surface area contributed by atoms with Crippen LogP contribution in [0, 0.1) is 132 Å². The van der Waals surface area contributed by atoms with Crippen molar-refractivity contribution < 1.29 is 0 Å². The lowest BCUT2D eigenvalue weighted by Crippen LogP contribution is -2.30. The van der Waals surface area contributed by atoms with Gasteiger partial charge in [-0.05, 0) is 176 Å². The van der Waals surface area contributed by atoms with Crippen LogP contribution < -0.4 is 90.1 Å². The van der Waals surface area contributed by atoms with Gasteiger partial charge in [0.1, 0.15) is 52.5 Å². The molecule has 0 fully saturated rings. The molecule has 0 amide bonds. The first-order valence-corrected chi connectivity index (χ1v) is 34.4. The van der Waals surface area contributed by atoms with Crippen molar-refractivity contribution in [3.8, 4) is 0 Å². The van der Waals surface area contributed by atoms with Gasteiger partial charge < -0.3 is 43.4 Å². The number of aromatic nitrogens is 13. The molecule has 0 radical (unpaired) electrons. The lowest BCUT2D eigenvalue weighted by molar-refractivity contribution is 0.830. The molecule has 0 unspecified atom stereocenters. The average Bonchev–Trinajstić information content (AvgIpc) is 1.68. The minimum Gasteiger partial charge on any atom is -0.312 e. The van der Waals surface area contributed by atoms with E-state index in [2.05, 4.69) is 183 Å². The van der Waals surface area contributed by atoms with Crippen LogP contribution in [0.3, 0.4) is 0 Å². The number of fused-ring (bicyclic) bond motifs is 8. The molecule has 24 N–H and O–H groups in total. The Morgan fingerprint density at radius 3 is 1.15 bits per heavy atom. The molecule has 0 saturated heterocycles. The van der Waals surface area contributed by atoms with Gasteiger partial charge in [-0.25, -0.2) is 107 Å². The van der Waals surface area contributed by atoms with Gasteiger partial charge in [-0.15, -0.1) is 10.2 Å². The molecule has 16 rings (SSSR count). The summed E-state index contributed by atoms with van der Waals surface area (Å²) in [6, 6.07) is 0. The van der Waals surface area contributed by atoms with Crippen molar-refractivity contribution in [3.63, 3.8) is 0 Å². The summed E-state index contributed by atoms with van der Waals surface area (Å²) in [4.78, 5) is 69.3. The van der Waals surface area contributed by atoms with Gasteiger partial charge in [0.15, 0.2) is 23.3 Å². The maximum absolute atomic E-state index is 5.35. The van der Waals surface area contributed by atoms with Crippen molar-refractivity contribution >= 4 is 92.7 Å². The van der Waals surface area contributed by atoms with E-state index in [9.17, 15) is 0 Å². The average molecular weight is 1460 g/mol. The number of pyridine rings is 4. The molecular formula is C70H97N37. The molecule has 8 aliphatic rings. The number of hydrazine groups is 8. The number of aryl methyl sites for hydroxylation is 13. The minimum atomic E-state index is 0.621. The molecule has 107 heavy (non-hydrogen) atoms. The van der Waals surface area contributed by atoms with Crippen LogP contribution in [-0.2, 0) is 51.4 Å². The highest BCUT2D eigenvalue weighted by atomic mass is 15.4. The van der Waals surface area contributed by atoms with Gasteiger partial charge in [0.2, 0.25) is 0 Å². The molecule has 37 nitrogen and oxygen atoms in total. The van der Waals surface area contributed by atoms with Crippen molar-refractivity contribution in [3.05, 3.63) is 152 Å². The Bertz CT molecular complexity index is 5040. The van der Waals surface area contributed by atoms with E-state index in [0.717, 1.165) is 209 Å². The number of nitrogens with zero attached hydrogens (tertiary/aromatic N) is 21. The van der Waals surface area contributed by atoms with Crippen LogP contribution in [0.25, 0.3) is 0 Å². The normalized spacial score (nSPS) is 13.9. The Hall–Kier alpha value is -11.7. The molecule has 562 valence electrons. The predicted octanol–water partition coefficient (Wildman–Crippen LogP) is 3.88. The largest absolute Gasteiger partial charge is 0.312 e. The summed E-state index contributed by atoms with van der Waals surface area (Å²) in [7, 11) is 0. The topological polar surface area (TPSA) is 571 Å². The summed E-state index contributed by atoms with van der Waals surface area (Å²) in [6.45, 7) is 37.9. The van der Waals surface area contributed by atoms with E-state index >= 15 is 0 Å². The van der Waals surface area contributed by atoms with Crippen molar-refractivity contribution in [2.45, 2.75) is 183 Å². The highest BCUT2D eigenvalue weighted by molar-refractivity contribution is 5.96. The Kier molecular flexibility index (Phi) is 25.6. The first-order chi connectivity index (χ1) is 51.0. The quantitative estimate of drug-likeness (QED) is 0.0756. The molecule has 0 atom stereocenters. The van der Waals surface area contributed by atoms with Crippen LogP contribution in [0.1, 0.15) is 152 Å². The van der Waals surface area contributed by atoms with E-state index < -0.39 is 0 Å². The van der Waals surface area contributed by atoms with Crippen molar-refractivity contribution in [1.29, 1.82) is 0 Å². The summed E-state index contributed by atoms with van der Waals surface area (Å²) in [5.74, 6) is 52.2. The lowest BCUT2D eigenvalue weighted by atomic mass is 10.0. The maximum atomic E-state index is 5.35. The number of rotatable bonds is 0. The number of aliphatic imine (C=N–C) groups is 8. The van der Waals surface area contributed by atoms with E-state index in [-0.39, 0.29) is 0 Å². The molecule has 0 saturated carbocycles. The van der Waals surface area contributed by atoms with Crippen molar-refractivity contribution in [1.82, 2.24) is 109 Å². The van der Waals surface area contributed by atoms with E-state index in [1.165, 1.54) is 44.5 Å². The fourth-order valence-electron chi connectivity index (χ4n) is 12.2. The number of nitrogens with two attached hydrogens (primary N) is 8. The first kappa shape index (κ1) is 79.4. The van der Waals surface area contributed by atoms with E-state index in [1.54, 1.807) is 0 Å². The lowest BCUT2D eigenvalue weighted by Gasteiger charge is -2.08. The third-order valence-corrected chi connectivity index (χ3v) is 19.2. The number of hydrogen-bond donors (Lipinski definition) is 16. The summed E-state index contributed by atoms with van der Waals surface area (Å²) in [5.41, 5.74) is 52.3. The molecule has 0 bridgehead atoms. The van der Waals surface area contributed by atoms with E-state index in [1.807, 2.05) is 96.9 Å². The highest BCUT2D eigenvalue weighted by Gasteiger charge is 2.26. The first-order valence-electron chi connectivity index (χ1n) is 34.4. The molecule has 0 spiro atoms. The van der Waals surface area contributed by atoms with Gasteiger partial charge in [-0.3, -0.25) is 19.9 Å². The van der Waals surface area contributed by atoms with Crippen LogP contribution in [0.15, 0.2) is 39.9 Å². The van der Waals surface area contributed by atoms with E-state index in [0.29, 0.717) is 43.2 Å². The van der Waals surface area contributed by atoms with Crippen LogP contribution in [-0.4, -0.2) is 112 Å². The summed E-state index contributed by atoms with van der Waals surface area (Å²) in [5, 5.41) is 19.2. The molecule has 8 aliphatic heterocycles. The van der Waals surface area contributed by atoms with Gasteiger partial charge in [0.25, 0.3) is 0 Å². The summed E-state index contributed by atoms with van der Waals surface area (Å²) < 4.78 is 0. The van der Waals surface area contributed by atoms with Crippen molar-refractivity contribution in [2.24, 2.45) is 86.7 Å². The zero-order valence-electron chi connectivity index (χ0n) is 64.2. The maximum Gasteiger partial charge on any atom is 0.183 e. The van der Waals surface area contributed by atoms with Crippen LogP contribution in [0.5, 0.6) is 0 Å². The molecular weight excluding hydrogens is 1360 g/mol. The Balaban J connectivity index is 0.000000141. The Morgan fingerprint density at radius 1 is 0.206 bits per heavy atom. The molecule has 0 aliphatic carbocycles. The fraction of sp³-hybridized carbons (Fsp3) is 0.386. The van der Waals surface area contributed by atoms with Crippen LogP contribution in [0.2, 0.25) is 0 Å². The smallest absolute Gasteiger partial charge is 0.183 e. The third-order valence-electron chi connectivity index (χ3n) is 19.2. The number of hydrogen-bond acceptors (Lipinski definition) is 37.